The van der Waals surface area contributed by atoms with Gasteiger partial charge < -0.3 is 20.3 Å². The van der Waals surface area contributed by atoms with Crippen LogP contribution in [0.3, 0.4) is 0 Å². The highest BCUT2D eigenvalue weighted by Crippen LogP contribution is 2.24. The van der Waals surface area contributed by atoms with Crippen LogP contribution in [0.5, 0.6) is 0 Å². The van der Waals surface area contributed by atoms with Crippen molar-refractivity contribution < 1.29 is 14.3 Å². The summed E-state index contributed by atoms with van der Waals surface area (Å²) in [5.74, 6) is -0.314. The molecule has 2 aromatic carbocycles. The first kappa shape index (κ1) is 23.6. The van der Waals surface area contributed by atoms with Gasteiger partial charge in [-0.2, -0.15) is 0 Å². The minimum absolute atomic E-state index is 0.129. The number of methoxy groups -OCH3 is 1. The van der Waals surface area contributed by atoms with Crippen molar-refractivity contribution in [1.82, 2.24) is 14.3 Å². The SMILES string of the molecule is COC1CC(C(=O)Nc2ccc(-n3c(=O)cc(C)n3C)cc2)N(C(=O)Nc2ccc(Cl)cc2)C1. The lowest BCUT2D eigenvalue weighted by Crippen LogP contribution is -2.45. The molecule has 3 amide bonds. The zero-order valence-electron chi connectivity index (χ0n) is 19.1. The first-order chi connectivity index (χ1) is 16.3. The van der Waals surface area contributed by atoms with Gasteiger partial charge in [0.1, 0.15) is 6.04 Å². The van der Waals surface area contributed by atoms with Gasteiger partial charge in [-0.05, 0) is 55.5 Å². The van der Waals surface area contributed by atoms with Gasteiger partial charge in [0.2, 0.25) is 5.91 Å². The highest BCUT2D eigenvalue weighted by atomic mass is 35.5. The molecule has 2 N–H and O–H groups in total. The van der Waals surface area contributed by atoms with Crippen LogP contribution in [0, 0.1) is 6.92 Å². The van der Waals surface area contributed by atoms with E-state index in [1.807, 2.05) is 14.0 Å². The fourth-order valence-corrected chi connectivity index (χ4v) is 4.15. The molecule has 2 atom stereocenters. The second-order valence-electron chi connectivity index (χ2n) is 8.19. The predicted molar refractivity (Wildman–Crippen MR) is 131 cm³/mol. The molecule has 2 heterocycles. The van der Waals surface area contributed by atoms with Gasteiger partial charge >= 0.3 is 6.03 Å². The van der Waals surface area contributed by atoms with E-state index in [1.54, 1.807) is 71.1 Å². The Morgan fingerprint density at radius 2 is 1.65 bits per heavy atom. The summed E-state index contributed by atoms with van der Waals surface area (Å²) in [6, 6.07) is 14.2. The third-order valence-corrected chi connectivity index (χ3v) is 6.24. The second-order valence-corrected chi connectivity index (χ2v) is 8.63. The van der Waals surface area contributed by atoms with Crippen LogP contribution >= 0.6 is 11.6 Å². The normalized spacial score (nSPS) is 17.6. The Kier molecular flexibility index (Phi) is 6.76. The average molecular weight is 484 g/mol. The molecule has 0 aliphatic carbocycles. The summed E-state index contributed by atoms with van der Waals surface area (Å²) in [7, 11) is 3.37. The second kappa shape index (κ2) is 9.74. The first-order valence-corrected chi connectivity index (χ1v) is 11.2. The van der Waals surface area contributed by atoms with Crippen LogP contribution in [0.4, 0.5) is 16.2 Å². The topological polar surface area (TPSA) is 97.6 Å². The van der Waals surface area contributed by atoms with Crippen LogP contribution in [-0.4, -0.2) is 52.0 Å². The van der Waals surface area contributed by atoms with Crippen molar-refractivity contribution >= 4 is 34.9 Å². The predicted octanol–water partition coefficient (Wildman–Crippen LogP) is 3.40. The lowest BCUT2D eigenvalue weighted by molar-refractivity contribution is -0.119. The molecule has 3 aromatic rings. The van der Waals surface area contributed by atoms with Gasteiger partial charge in [-0.15, -0.1) is 0 Å². The van der Waals surface area contributed by atoms with Crippen molar-refractivity contribution in [3.8, 4) is 5.69 Å². The maximum Gasteiger partial charge on any atom is 0.322 e. The molecular weight excluding hydrogens is 458 g/mol. The highest BCUT2D eigenvalue weighted by Gasteiger charge is 2.40. The van der Waals surface area contributed by atoms with Crippen LogP contribution in [0.15, 0.2) is 59.4 Å². The minimum atomic E-state index is -0.699. The molecule has 10 heteroatoms. The average Bonchev–Trinajstić information content (AvgIpc) is 3.37. The van der Waals surface area contributed by atoms with Crippen molar-refractivity contribution in [2.24, 2.45) is 7.05 Å². The number of likely N-dealkylation sites (tertiary alicyclic amines) is 1. The number of urea groups is 1. The Morgan fingerprint density at radius 3 is 2.24 bits per heavy atom. The quantitative estimate of drug-likeness (QED) is 0.581. The Hall–Kier alpha value is -3.56. The summed E-state index contributed by atoms with van der Waals surface area (Å²) in [6.45, 7) is 2.15. The Bertz CT molecular complexity index is 1250. The number of carbonyl (C=O) groups excluding carboxylic acids is 2. The van der Waals surface area contributed by atoms with Crippen molar-refractivity contribution in [3.63, 3.8) is 0 Å². The smallest absolute Gasteiger partial charge is 0.322 e. The van der Waals surface area contributed by atoms with Crippen LogP contribution < -0.4 is 16.2 Å². The van der Waals surface area contributed by atoms with E-state index in [4.69, 9.17) is 16.3 Å². The molecule has 0 saturated carbocycles. The molecule has 0 bridgehead atoms. The minimum Gasteiger partial charge on any atom is -0.380 e. The van der Waals surface area contributed by atoms with Crippen LogP contribution in [0.2, 0.25) is 5.02 Å². The largest absolute Gasteiger partial charge is 0.380 e. The van der Waals surface area contributed by atoms with E-state index in [9.17, 15) is 14.4 Å². The fourth-order valence-electron chi connectivity index (χ4n) is 4.02. The van der Waals surface area contributed by atoms with Crippen LogP contribution in [-0.2, 0) is 16.6 Å². The Labute approximate surface area is 201 Å². The highest BCUT2D eigenvalue weighted by molar-refractivity contribution is 6.30. The number of aryl methyl sites for hydroxylation is 1. The summed E-state index contributed by atoms with van der Waals surface area (Å²) >= 11 is 5.91. The van der Waals surface area contributed by atoms with Gasteiger partial charge in [0.25, 0.3) is 5.56 Å². The zero-order chi connectivity index (χ0) is 24.4. The van der Waals surface area contributed by atoms with E-state index in [2.05, 4.69) is 10.6 Å². The monoisotopic (exact) mass is 483 g/mol. The van der Waals surface area contributed by atoms with Gasteiger partial charge in [0, 0.05) is 55.3 Å². The van der Waals surface area contributed by atoms with Crippen molar-refractivity contribution in [3.05, 3.63) is 75.7 Å². The number of carbonyl (C=O) groups is 2. The molecule has 178 valence electrons. The zero-order valence-corrected chi connectivity index (χ0v) is 19.9. The van der Waals surface area contributed by atoms with Gasteiger partial charge in [-0.25, -0.2) is 9.48 Å². The molecule has 1 aliphatic rings. The fraction of sp³-hybridized carbons (Fsp3) is 0.292. The maximum atomic E-state index is 13.1. The molecule has 34 heavy (non-hydrogen) atoms. The third kappa shape index (κ3) is 4.85. The number of rotatable bonds is 5. The molecular formula is C24H26ClN5O4. The Morgan fingerprint density at radius 1 is 1.03 bits per heavy atom. The molecule has 4 rings (SSSR count). The molecule has 1 fully saturated rings. The summed E-state index contributed by atoms with van der Waals surface area (Å²) in [5, 5.41) is 6.23. The molecule has 1 aliphatic heterocycles. The number of nitrogens with one attached hydrogen (secondary N) is 2. The Balaban J connectivity index is 1.47. The molecule has 1 aromatic heterocycles. The molecule has 1 saturated heterocycles. The van der Waals surface area contributed by atoms with E-state index >= 15 is 0 Å². The third-order valence-electron chi connectivity index (χ3n) is 5.99. The van der Waals surface area contributed by atoms with E-state index in [1.165, 1.54) is 4.90 Å². The van der Waals surface area contributed by atoms with Crippen molar-refractivity contribution in [1.29, 1.82) is 0 Å². The summed E-state index contributed by atoms with van der Waals surface area (Å²) in [5.41, 5.74) is 2.54. The molecule has 0 radical (unpaired) electrons. The van der Waals surface area contributed by atoms with E-state index in [0.717, 1.165) is 5.69 Å². The maximum absolute atomic E-state index is 13.1. The molecule has 9 nitrogen and oxygen atoms in total. The van der Waals surface area contributed by atoms with Crippen LogP contribution in [0.1, 0.15) is 12.1 Å². The number of anilines is 2. The molecule has 2 unspecified atom stereocenters. The van der Waals surface area contributed by atoms with Gasteiger partial charge in [-0.3, -0.25) is 14.3 Å². The van der Waals surface area contributed by atoms with Gasteiger partial charge in [-0.1, -0.05) is 11.6 Å². The summed E-state index contributed by atoms with van der Waals surface area (Å²) in [6.07, 6.45) is 0.133. The van der Waals surface area contributed by atoms with Crippen molar-refractivity contribution in [2.45, 2.75) is 25.5 Å². The summed E-state index contributed by atoms with van der Waals surface area (Å²) < 4.78 is 8.73. The first-order valence-electron chi connectivity index (χ1n) is 10.8. The number of aromatic nitrogens is 2. The summed E-state index contributed by atoms with van der Waals surface area (Å²) in [4.78, 5) is 39.7. The number of hydrogen-bond donors (Lipinski definition) is 2. The van der Waals surface area contributed by atoms with Crippen molar-refractivity contribution in [2.75, 3.05) is 24.3 Å². The molecule has 0 spiro atoms. The van der Waals surface area contributed by atoms with Gasteiger partial charge in [0.15, 0.2) is 0 Å². The number of nitrogens with zero attached hydrogens (tertiary/aromatic N) is 3. The number of ether oxygens (including phenoxy) is 1. The number of amides is 3. The van der Waals surface area contributed by atoms with E-state index < -0.39 is 12.1 Å². The number of hydrogen-bond acceptors (Lipinski definition) is 4. The van der Waals surface area contributed by atoms with Gasteiger partial charge in [0.05, 0.1) is 11.8 Å². The number of halogens is 1. The number of benzene rings is 2. The van der Waals surface area contributed by atoms with E-state index in [-0.39, 0.29) is 17.6 Å². The lowest BCUT2D eigenvalue weighted by Gasteiger charge is -2.24. The van der Waals surface area contributed by atoms with E-state index in [0.29, 0.717) is 35.1 Å². The lowest BCUT2D eigenvalue weighted by atomic mass is 10.1. The standard InChI is InChI=1S/C24H26ClN5O4/c1-15-12-22(31)30(28(15)2)19-10-8-17(9-11-19)26-23(32)21-13-20(34-3)14-29(21)24(33)27-18-6-4-16(25)5-7-18/h4-12,20-21H,13-14H2,1-3H3,(H,26,32)(H,27,33). The van der Waals surface area contributed by atoms with Crippen LogP contribution in [0.25, 0.3) is 5.69 Å².